The van der Waals surface area contributed by atoms with E-state index in [1.54, 1.807) is 93.6 Å². The fraction of sp³-hybridized carbons (Fsp3) is 0.382. The number of benzene rings is 2. The minimum atomic E-state index is -0.814. The molecule has 3 amide bonds. The number of rotatable bonds is 16. The maximum absolute atomic E-state index is 12.4. The standard InChI is InChI=1S/2C19H21N7O.C16H19N5.C9H8N2O2.C7H5ClO2.C4H8O.C2H4N2/c2*1-25-12-14(11-22-25)23-19-21-8-6-17(24-19)13-9-15-4-5-16(10-13)26(15)18(27)3-2-7-20;1-21-10-14(9-18-21)19-16-17-5-4-15(20-16)13-7-11-2-3-12(6-11)8-13;1-10-7-11-9(12)13-8-5-3-2-4-6-8;8-7(9)10-6-4-2-1-3-5-6;1-2-4-5-3-1;1-4-2-3/h2*6,8-9,11-12,15-16H,2-5,10H2,1H3,(H,21,23,24);4-5,7,9-12H,2-3,6,8H2,1H3,(H,17,19,20);2-6H,7H2,(H,11,12);1-5H;1-4H2;2-3H2. The van der Waals surface area contributed by atoms with E-state index < -0.39 is 11.5 Å². The summed E-state index contributed by atoms with van der Waals surface area (Å²) in [5.41, 5.74) is 13.0. The summed E-state index contributed by atoms with van der Waals surface area (Å²) >= 11 is 4.95. The minimum absolute atomic E-state index is 0.0638. The van der Waals surface area contributed by atoms with Crippen molar-refractivity contribution in [3.63, 3.8) is 0 Å². The van der Waals surface area contributed by atoms with E-state index in [-0.39, 0.29) is 62.2 Å². The van der Waals surface area contributed by atoms with Gasteiger partial charge in [0.05, 0.1) is 77.0 Å². The first-order valence-electron chi connectivity index (χ1n) is 35.2. The molecule has 6 bridgehead atoms. The third kappa shape index (κ3) is 25.0. The van der Waals surface area contributed by atoms with Crippen molar-refractivity contribution < 1.29 is 33.4 Å². The summed E-state index contributed by atoms with van der Waals surface area (Å²) in [5.74, 6) is 4.42. The molecule has 554 valence electrons. The number of carbonyl (C=O) groups is 4. The number of anilines is 6. The number of amides is 3. The number of para-hydroxylation sites is 2. The van der Waals surface area contributed by atoms with Gasteiger partial charge in [0, 0.05) is 121 Å². The molecule has 107 heavy (non-hydrogen) atoms. The molecule has 7 aliphatic rings. The quantitative estimate of drug-likeness (QED) is 0.0443. The van der Waals surface area contributed by atoms with Gasteiger partial charge in [-0.25, -0.2) is 52.6 Å². The highest BCUT2D eigenvalue weighted by Gasteiger charge is 2.41. The van der Waals surface area contributed by atoms with E-state index in [0.29, 0.717) is 42.2 Å². The van der Waals surface area contributed by atoms with Crippen LogP contribution < -0.4 is 36.5 Å². The summed E-state index contributed by atoms with van der Waals surface area (Å²) in [6.07, 6.45) is 36.8. The third-order valence-corrected chi connectivity index (χ3v) is 17.8. The van der Waals surface area contributed by atoms with Gasteiger partial charge < -0.3 is 40.0 Å². The lowest BCUT2D eigenvalue weighted by Gasteiger charge is -2.34. The first-order chi connectivity index (χ1) is 52.1. The van der Waals surface area contributed by atoms with Gasteiger partial charge in [0.2, 0.25) is 29.7 Å². The number of nitrogens with one attached hydrogen (secondary N) is 4. The summed E-state index contributed by atoms with van der Waals surface area (Å²) < 4.78 is 19.5. The highest BCUT2D eigenvalue weighted by Crippen LogP contribution is 2.44. The molecule has 3 saturated heterocycles. The van der Waals surface area contributed by atoms with Crippen LogP contribution in [0.25, 0.3) is 26.4 Å². The van der Waals surface area contributed by atoms with Gasteiger partial charge >= 0.3 is 11.5 Å². The van der Waals surface area contributed by atoms with Crippen LogP contribution >= 0.6 is 11.6 Å². The number of hydrogen-bond acceptors (Lipinski definition) is 22. The minimum Gasteiger partial charge on any atom is -0.415 e. The number of carbonyl (C=O) groups excluding carboxylic acids is 4. The lowest BCUT2D eigenvalue weighted by Crippen LogP contribution is -2.42. The molecule has 4 fully saturated rings. The molecule has 6 N–H and O–H groups in total. The van der Waals surface area contributed by atoms with Crippen molar-refractivity contribution in [2.24, 2.45) is 38.7 Å². The van der Waals surface area contributed by atoms with Gasteiger partial charge in [-0.05, 0) is 148 Å². The Bertz CT molecular complexity index is 4350. The lowest BCUT2D eigenvalue weighted by atomic mass is 9.88. The number of halogens is 1. The number of nitrogens with zero attached hydrogens (tertiary/aromatic N) is 18. The zero-order valence-corrected chi connectivity index (χ0v) is 60.7. The Hall–Kier alpha value is -12.2. The number of nitrogens with two attached hydrogens (primary N) is 1. The molecule has 6 unspecified atom stereocenters. The van der Waals surface area contributed by atoms with Crippen LogP contribution in [0.5, 0.6) is 11.5 Å². The number of ether oxygens (including phenoxy) is 3. The van der Waals surface area contributed by atoms with Gasteiger partial charge in [0.1, 0.15) is 11.5 Å². The number of nitriles is 2. The molecule has 30 nitrogen and oxygen atoms in total. The van der Waals surface area contributed by atoms with Crippen LogP contribution in [0.2, 0.25) is 0 Å². The van der Waals surface area contributed by atoms with Crippen molar-refractivity contribution in [1.29, 1.82) is 10.5 Å². The first-order valence-corrected chi connectivity index (χ1v) is 35.6. The summed E-state index contributed by atoms with van der Waals surface area (Å²) in [6, 6.07) is 27.9. The Morgan fingerprint density at radius 1 is 0.589 bits per heavy atom. The SMILES string of the molecule is C1CCOC1.Cn1cc(Nc2nccc(C3=CC4CCC(C3)C4)n2)cn1.Cn1cc(Nc2nccc(C3=CC4CCC(C3)N4C(=O)CCC#N)n2)cn1.Cn1cc(Nc2nccc(C3=CC4CCC(C3)N4C(=O)CCC#N)n2)cn1.O=C(Cl)Oc1ccccc1.[C-]#[N+]CN.[C-]#[N+]CNC(=O)Oc1ccccc1. The van der Waals surface area contributed by atoms with Gasteiger partial charge in [-0.2, -0.15) is 25.8 Å². The van der Waals surface area contributed by atoms with Crippen LogP contribution in [0.15, 0.2) is 153 Å². The van der Waals surface area contributed by atoms with Crippen molar-refractivity contribution in [3.8, 4) is 23.6 Å². The Kier molecular flexibility index (Phi) is 30.5. The summed E-state index contributed by atoms with van der Waals surface area (Å²) in [7, 11) is 5.61. The zero-order valence-electron chi connectivity index (χ0n) is 59.9. The van der Waals surface area contributed by atoms with Gasteiger partial charge in [0.25, 0.3) is 13.3 Å². The van der Waals surface area contributed by atoms with E-state index >= 15 is 0 Å². The fourth-order valence-corrected chi connectivity index (χ4v) is 13.3. The maximum Gasteiger partial charge on any atom is 0.418 e. The van der Waals surface area contributed by atoms with Crippen LogP contribution in [-0.4, -0.2) is 143 Å². The Labute approximate surface area is 626 Å². The zero-order chi connectivity index (χ0) is 75.7. The largest absolute Gasteiger partial charge is 0.418 e. The van der Waals surface area contributed by atoms with Gasteiger partial charge in [-0.1, -0.05) is 54.6 Å². The Balaban J connectivity index is 0.000000155. The molecular weight excluding hydrogens is 1380 g/mol. The highest BCUT2D eigenvalue weighted by molar-refractivity contribution is 6.61. The van der Waals surface area contributed by atoms with Gasteiger partial charge in [-0.3, -0.25) is 44.4 Å². The van der Waals surface area contributed by atoms with Gasteiger partial charge in [0.15, 0.2) is 0 Å². The summed E-state index contributed by atoms with van der Waals surface area (Å²) in [4.78, 5) is 82.4. The van der Waals surface area contributed by atoms with Crippen molar-refractivity contribution in [1.82, 2.24) is 74.4 Å². The molecule has 0 radical (unpaired) electrons. The number of hydrogen-bond donors (Lipinski definition) is 5. The fourth-order valence-electron chi connectivity index (χ4n) is 13.2. The van der Waals surface area contributed by atoms with Crippen LogP contribution in [0, 0.1) is 47.6 Å². The van der Waals surface area contributed by atoms with Crippen LogP contribution in [0.1, 0.15) is 120 Å². The Morgan fingerprint density at radius 2 is 1.02 bits per heavy atom. The molecule has 1 saturated carbocycles. The van der Waals surface area contributed by atoms with E-state index in [0.717, 1.165) is 109 Å². The topological polar surface area (TPSA) is 364 Å². The summed E-state index contributed by atoms with van der Waals surface area (Å²) in [6.45, 7) is 14.4. The van der Waals surface area contributed by atoms with Crippen LogP contribution in [0.4, 0.5) is 44.5 Å². The molecule has 5 aliphatic heterocycles. The summed E-state index contributed by atoms with van der Waals surface area (Å²) in [5, 5.41) is 41.7. The normalized spacial score (nSPS) is 18.4. The molecule has 6 atom stereocenters. The molecule has 0 spiro atoms. The van der Waals surface area contributed by atoms with Crippen LogP contribution in [-0.2, 0) is 35.5 Å². The smallest absolute Gasteiger partial charge is 0.415 e. The Morgan fingerprint density at radius 3 is 1.37 bits per heavy atom. The highest BCUT2D eigenvalue weighted by atomic mass is 35.5. The van der Waals surface area contributed by atoms with Gasteiger partial charge in [-0.15, -0.1) is 0 Å². The van der Waals surface area contributed by atoms with E-state index in [2.05, 4.69) is 117 Å². The monoisotopic (exact) mass is 1470 g/mol. The maximum atomic E-state index is 12.4. The van der Waals surface area contributed by atoms with Crippen molar-refractivity contribution in [3.05, 3.63) is 193 Å². The molecular formula is C76H86ClN23O7. The molecule has 2 aromatic carbocycles. The van der Waals surface area contributed by atoms with Crippen molar-refractivity contribution >= 4 is 86.6 Å². The van der Waals surface area contributed by atoms with E-state index in [9.17, 15) is 19.2 Å². The second-order valence-corrected chi connectivity index (χ2v) is 25.8. The predicted octanol–water partition coefficient (Wildman–Crippen LogP) is 12.7. The van der Waals surface area contributed by atoms with Crippen LogP contribution in [0.3, 0.4) is 0 Å². The average Bonchev–Trinajstić information content (AvgIpc) is 1.66. The first kappa shape index (κ1) is 78.9. The average molecular weight is 1470 g/mol. The second kappa shape index (κ2) is 41.3. The van der Waals surface area contributed by atoms with Crippen molar-refractivity contribution in [2.45, 2.75) is 127 Å². The molecule has 31 heteroatoms. The molecule has 8 aromatic rings. The van der Waals surface area contributed by atoms with E-state index in [4.69, 9.17) is 44.7 Å². The molecule has 2 aliphatic carbocycles. The predicted molar refractivity (Wildman–Crippen MR) is 402 cm³/mol. The van der Waals surface area contributed by atoms with Crippen molar-refractivity contribution in [2.75, 3.05) is 42.5 Å². The van der Waals surface area contributed by atoms with E-state index in [1.165, 1.54) is 44.1 Å². The third-order valence-electron chi connectivity index (χ3n) is 17.7. The number of fused-ring (bicyclic) bond motifs is 6. The molecule has 15 rings (SSSR count). The number of aromatic nitrogens is 12. The second-order valence-electron chi connectivity index (χ2n) is 25.5. The van der Waals surface area contributed by atoms with E-state index in [1.807, 2.05) is 86.1 Å². The number of aryl methyl sites for hydroxylation is 3. The lowest BCUT2D eigenvalue weighted by molar-refractivity contribution is -0.134. The molecule has 6 aromatic heterocycles. The number of allylic oxidation sites excluding steroid dienone is 2. The molecule has 11 heterocycles.